The second kappa shape index (κ2) is 4.90. The number of nitrogens with zero attached hydrogens (tertiary/aromatic N) is 2. The van der Waals surface area contributed by atoms with Crippen LogP contribution in [0.5, 0.6) is 0 Å². The van der Waals surface area contributed by atoms with Crippen molar-refractivity contribution in [2.24, 2.45) is 18.9 Å². The fourth-order valence-electron chi connectivity index (χ4n) is 3.04. The van der Waals surface area contributed by atoms with Gasteiger partial charge in [-0.25, -0.2) is 13.1 Å². The maximum absolute atomic E-state index is 12.4. The van der Waals surface area contributed by atoms with E-state index >= 15 is 0 Å². The minimum atomic E-state index is -3.44. The predicted molar refractivity (Wildman–Crippen MR) is 72.0 cm³/mol. The molecule has 1 aromatic heterocycles. The smallest absolute Gasteiger partial charge is 0.256 e. The van der Waals surface area contributed by atoms with Gasteiger partial charge in [0.05, 0.1) is 6.20 Å². The molecule has 0 aromatic carbocycles. The average molecular weight is 283 g/mol. The third-order valence-corrected chi connectivity index (χ3v) is 6.19. The highest BCUT2D eigenvalue weighted by atomic mass is 32.2. The van der Waals surface area contributed by atoms with Gasteiger partial charge in [-0.1, -0.05) is 12.8 Å². The van der Waals surface area contributed by atoms with Gasteiger partial charge in [0.1, 0.15) is 0 Å². The molecule has 0 saturated heterocycles. The first-order valence-corrected chi connectivity index (χ1v) is 8.56. The van der Waals surface area contributed by atoms with E-state index in [0.29, 0.717) is 11.8 Å². The summed E-state index contributed by atoms with van der Waals surface area (Å²) in [7, 11) is -1.78. The van der Waals surface area contributed by atoms with E-state index < -0.39 is 10.0 Å². The van der Waals surface area contributed by atoms with Crippen LogP contribution in [-0.4, -0.2) is 24.2 Å². The lowest BCUT2D eigenvalue weighted by Gasteiger charge is -2.42. The molecule has 2 fully saturated rings. The van der Waals surface area contributed by atoms with E-state index in [1.165, 1.54) is 23.7 Å². The molecule has 0 unspecified atom stereocenters. The van der Waals surface area contributed by atoms with Crippen LogP contribution < -0.4 is 4.72 Å². The molecule has 0 bridgehead atoms. The molecule has 106 valence electrons. The largest absolute Gasteiger partial charge is 0.257 e. The average Bonchev–Trinajstić information content (AvgIpc) is 2.58. The highest BCUT2D eigenvalue weighted by molar-refractivity contribution is 7.89. The molecule has 0 amide bonds. The Kier molecular flexibility index (Phi) is 3.39. The normalized spacial score (nSPS) is 21.4. The van der Waals surface area contributed by atoms with Gasteiger partial charge in [0.2, 0.25) is 0 Å². The van der Waals surface area contributed by atoms with Crippen LogP contribution in [0.2, 0.25) is 0 Å². The first-order chi connectivity index (χ1) is 9.08. The summed E-state index contributed by atoms with van der Waals surface area (Å²) in [5.74, 6) is 1.07. The number of hydrogen-bond donors (Lipinski definition) is 1. The summed E-state index contributed by atoms with van der Waals surface area (Å²) in [6.07, 6.45) is 8.65. The van der Waals surface area contributed by atoms with Gasteiger partial charge >= 0.3 is 0 Å². The molecule has 19 heavy (non-hydrogen) atoms. The molecule has 1 N–H and O–H groups in total. The van der Waals surface area contributed by atoms with Gasteiger partial charge in [-0.15, -0.1) is 0 Å². The summed E-state index contributed by atoms with van der Waals surface area (Å²) < 4.78 is 29.3. The quantitative estimate of drug-likeness (QED) is 0.894. The molecule has 3 rings (SSSR count). The molecule has 0 aliphatic heterocycles. The summed E-state index contributed by atoms with van der Waals surface area (Å²) in [6.45, 7) is 0. The van der Waals surface area contributed by atoms with E-state index in [-0.39, 0.29) is 11.1 Å². The molecule has 0 spiro atoms. The van der Waals surface area contributed by atoms with Crippen molar-refractivity contribution in [1.29, 1.82) is 0 Å². The number of hydrogen-bond acceptors (Lipinski definition) is 3. The van der Waals surface area contributed by atoms with Crippen LogP contribution in [0.15, 0.2) is 17.3 Å². The Hall–Kier alpha value is -0.880. The van der Waals surface area contributed by atoms with Gasteiger partial charge in [-0.3, -0.25) is 4.68 Å². The number of sulfonamides is 1. The van der Waals surface area contributed by atoms with Gasteiger partial charge in [-0.2, -0.15) is 5.10 Å². The molecule has 2 saturated carbocycles. The Morgan fingerprint density at radius 1 is 1.26 bits per heavy atom. The maximum Gasteiger partial charge on any atom is 0.257 e. The van der Waals surface area contributed by atoms with Crippen molar-refractivity contribution in [3.63, 3.8) is 0 Å². The van der Waals surface area contributed by atoms with Crippen molar-refractivity contribution in [2.75, 3.05) is 0 Å². The van der Waals surface area contributed by atoms with Crippen LogP contribution in [0.25, 0.3) is 0 Å². The zero-order chi connectivity index (χ0) is 13.5. The van der Waals surface area contributed by atoms with Crippen molar-refractivity contribution in [1.82, 2.24) is 14.5 Å². The molecule has 1 heterocycles. The minimum Gasteiger partial charge on any atom is -0.256 e. The van der Waals surface area contributed by atoms with Gasteiger partial charge < -0.3 is 0 Å². The number of rotatable bonds is 5. The van der Waals surface area contributed by atoms with E-state index in [1.807, 2.05) is 0 Å². The van der Waals surface area contributed by atoms with Gasteiger partial charge in [0.15, 0.2) is 5.03 Å². The van der Waals surface area contributed by atoms with Crippen molar-refractivity contribution in [3.05, 3.63) is 12.3 Å². The van der Waals surface area contributed by atoms with Gasteiger partial charge in [-0.05, 0) is 43.6 Å². The van der Waals surface area contributed by atoms with E-state index in [0.717, 1.165) is 25.7 Å². The Morgan fingerprint density at radius 2 is 1.84 bits per heavy atom. The standard InChI is InChI=1S/C13H21N3O2S/c1-16-12(8-9-14-16)19(17,18)15-13(10-4-2-5-10)11-6-3-7-11/h8-11,13,15H,2-7H2,1H3. The summed E-state index contributed by atoms with van der Waals surface area (Å²) in [4.78, 5) is 0. The Balaban J connectivity index is 1.79. The zero-order valence-corrected chi connectivity index (χ0v) is 12.1. The maximum atomic E-state index is 12.4. The summed E-state index contributed by atoms with van der Waals surface area (Å²) in [6, 6.07) is 1.68. The summed E-state index contributed by atoms with van der Waals surface area (Å²) >= 11 is 0. The highest BCUT2D eigenvalue weighted by Gasteiger charge is 2.39. The molecule has 6 heteroatoms. The lowest BCUT2D eigenvalue weighted by Crippen LogP contribution is -2.49. The molecular weight excluding hydrogens is 262 g/mol. The van der Waals surface area contributed by atoms with E-state index in [1.54, 1.807) is 13.1 Å². The Bertz CT molecular complexity index is 530. The number of aromatic nitrogens is 2. The van der Waals surface area contributed by atoms with Crippen molar-refractivity contribution in [2.45, 2.75) is 49.6 Å². The van der Waals surface area contributed by atoms with Crippen molar-refractivity contribution in [3.8, 4) is 0 Å². The third-order valence-electron chi connectivity index (χ3n) is 4.66. The second-order valence-corrected chi connectivity index (χ2v) is 7.48. The highest BCUT2D eigenvalue weighted by Crippen LogP contribution is 2.40. The Labute approximate surface area is 114 Å². The SMILES string of the molecule is Cn1nccc1S(=O)(=O)NC(C1CCC1)C1CCC1. The Morgan fingerprint density at radius 3 is 2.21 bits per heavy atom. The fraction of sp³-hybridized carbons (Fsp3) is 0.769. The summed E-state index contributed by atoms with van der Waals surface area (Å²) in [5, 5.41) is 4.21. The monoisotopic (exact) mass is 283 g/mol. The molecule has 0 atom stereocenters. The summed E-state index contributed by atoms with van der Waals surface area (Å²) in [5.41, 5.74) is 0. The predicted octanol–water partition coefficient (Wildman–Crippen LogP) is 1.67. The zero-order valence-electron chi connectivity index (χ0n) is 11.2. The second-order valence-electron chi connectivity index (χ2n) is 5.82. The molecular formula is C13H21N3O2S. The molecule has 2 aliphatic carbocycles. The van der Waals surface area contributed by atoms with Crippen LogP contribution in [0.1, 0.15) is 38.5 Å². The van der Waals surface area contributed by atoms with Gasteiger partial charge in [0, 0.05) is 13.1 Å². The topological polar surface area (TPSA) is 64.0 Å². The minimum absolute atomic E-state index is 0.127. The number of nitrogens with one attached hydrogen (secondary N) is 1. The van der Waals surface area contributed by atoms with Crippen LogP contribution in [-0.2, 0) is 17.1 Å². The van der Waals surface area contributed by atoms with Gasteiger partial charge in [0.25, 0.3) is 10.0 Å². The first-order valence-electron chi connectivity index (χ1n) is 7.08. The van der Waals surface area contributed by atoms with E-state index in [9.17, 15) is 8.42 Å². The van der Waals surface area contributed by atoms with Crippen molar-refractivity contribution >= 4 is 10.0 Å². The lowest BCUT2D eigenvalue weighted by atomic mass is 9.69. The molecule has 2 aliphatic rings. The van der Waals surface area contributed by atoms with E-state index in [4.69, 9.17) is 0 Å². The van der Waals surface area contributed by atoms with Crippen LogP contribution in [0.3, 0.4) is 0 Å². The number of aryl methyl sites for hydroxylation is 1. The van der Waals surface area contributed by atoms with E-state index in [2.05, 4.69) is 9.82 Å². The van der Waals surface area contributed by atoms with Crippen LogP contribution in [0, 0.1) is 11.8 Å². The lowest BCUT2D eigenvalue weighted by molar-refractivity contribution is 0.140. The fourth-order valence-corrected chi connectivity index (χ4v) is 4.54. The molecule has 1 aromatic rings. The van der Waals surface area contributed by atoms with Crippen LogP contribution in [0.4, 0.5) is 0 Å². The first kappa shape index (κ1) is 13.1. The van der Waals surface area contributed by atoms with Crippen LogP contribution >= 0.6 is 0 Å². The molecule has 5 nitrogen and oxygen atoms in total. The third kappa shape index (κ3) is 2.43. The van der Waals surface area contributed by atoms with Crippen molar-refractivity contribution < 1.29 is 8.42 Å². The molecule has 0 radical (unpaired) electrons.